The summed E-state index contributed by atoms with van der Waals surface area (Å²) in [5.41, 5.74) is 0.0298. The second-order valence-corrected chi connectivity index (χ2v) is 5.57. The van der Waals surface area contributed by atoms with E-state index < -0.39 is 6.36 Å². The molecule has 0 radical (unpaired) electrons. The molecule has 0 saturated heterocycles. The fourth-order valence-corrected chi connectivity index (χ4v) is 1.54. The van der Waals surface area contributed by atoms with Gasteiger partial charge in [-0.25, -0.2) is 0 Å². The fourth-order valence-electron chi connectivity index (χ4n) is 1.54. The van der Waals surface area contributed by atoms with E-state index in [1.54, 1.807) is 0 Å². The molecule has 0 bridgehead atoms. The Balaban J connectivity index is 2.48. The van der Waals surface area contributed by atoms with Gasteiger partial charge in [0.2, 0.25) is 0 Å². The summed E-state index contributed by atoms with van der Waals surface area (Å²) in [5.74, 6) is 0.251. The molecule has 0 aliphatic rings. The molecule has 0 aliphatic carbocycles. The van der Waals surface area contributed by atoms with Crippen molar-refractivity contribution < 1.29 is 22.6 Å². The van der Waals surface area contributed by atoms with Crippen LogP contribution in [0.4, 0.5) is 13.2 Å². The molecule has 0 spiro atoms. The third-order valence-electron chi connectivity index (χ3n) is 3.15. The topological polar surface area (TPSA) is 30.5 Å². The van der Waals surface area contributed by atoms with Crippen LogP contribution in [0.25, 0.3) is 0 Å². The Kier molecular flexibility index (Phi) is 5.89. The minimum atomic E-state index is -4.68. The van der Waals surface area contributed by atoms with Crippen LogP contribution in [0.15, 0.2) is 24.3 Å². The molecular formula is C15H22F3NO2. The predicted octanol–water partition coefficient (Wildman–Crippen LogP) is 4.13. The maximum Gasteiger partial charge on any atom is 0.573 e. The van der Waals surface area contributed by atoms with Crippen molar-refractivity contribution in [3.8, 4) is 11.5 Å². The second kappa shape index (κ2) is 7.02. The summed E-state index contributed by atoms with van der Waals surface area (Å²) in [6.07, 6.45) is -3.78. The lowest BCUT2D eigenvalue weighted by molar-refractivity contribution is -0.274. The Hall–Kier alpha value is -1.43. The molecule has 1 N–H and O–H groups in total. The molecule has 0 heterocycles. The van der Waals surface area contributed by atoms with Crippen LogP contribution in [-0.4, -0.2) is 24.6 Å². The van der Waals surface area contributed by atoms with Gasteiger partial charge in [-0.1, -0.05) is 6.92 Å². The summed E-state index contributed by atoms with van der Waals surface area (Å²) in [7, 11) is 0. The van der Waals surface area contributed by atoms with Gasteiger partial charge in [0.1, 0.15) is 17.6 Å². The van der Waals surface area contributed by atoms with E-state index in [9.17, 15) is 13.2 Å². The zero-order valence-corrected chi connectivity index (χ0v) is 12.8. The number of halogens is 3. The Morgan fingerprint density at radius 3 is 2.10 bits per heavy atom. The monoisotopic (exact) mass is 305 g/mol. The van der Waals surface area contributed by atoms with Gasteiger partial charge in [-0.2, -0.15) is 0 Å². The highest BCUT2D eigenvalue weighted by molar-refractivity contribution is 5.31. The van der Waals surface area contributed by atoms with E-state index in [-0.39, 0.29) is 17.4 Å². The van der Waals surface area contributed by atoms with Gasteiger partial charge in [-0.15, -0.1) is 13.2 Å². The quantitative estimate of drug-likeness (QED) is 0.821. The summed E-state index contributed by atoms with van der Waals surface area (Å²) >= 11 is 0. The number of nitrogens with one attached hydrogen (secondary N) is 1. The van der Waals surface area contributed by atoms with Crippen molar-refractivity contribution in [1.29, 1.82) is 0 Å². The normalized spacial score (nSPS) is 13.9. The van der Waals surface area contributed by atoms with Crippen LogP contribution in [-0.2, 0) is 0 Å². The minimum Gasteiger partial charge on any atom is -0.489 e. The largest absolute Gasteiger partial charge is 0.573 e. The third-order valence-corrected chi connectivity index (χ3v) is 3.15. The number of ether oxygens (including phenoxy) is 2. The molecule has 0 fully saturated rings. The van der Waals surface area contributed by atoms with Gasteiger partial charge in [-0.3, -0.25) is 0 Å². The third kappa shape index (κ3) is 7.22. The first-order valence-electron chi connectivity index (χ1n) is 6.89. The highest BCUT2D eigenvalue weighted by Crippen LogP contribution is 2.25. The highest BCUT2D eigenvalue weighted by Gasteiger charge is 2.31. The number of benzene rings is 1. The van der Waals surface area contributed by atoms with Crippen molar-refractivity contribution in [3.05, 3.63) is 24.3 Å². The smallest absolute Gasteiger partial charge is 0.489 e. The van der Waals surface area contributed by atoms with E-state index >= 15 is 0 Å². The van der Waals surface area contributed by atoms with E-state index in [4.69, 9.17) is 4.74 Å². The van der Waals surface area contributed by atoms with Gasteiger partial charge in [0.15, 0.2) is 0 Å². The summed E-state index contributed by atoms with van der Waals surface area (Å²) in [6.45, 7) is 8.85. The summed E-state index contributed by atoms with van der Waals surface area (Å²) in [4.78, 5) is 0. The number of rotatable bonds is 7. The molecule has 1 unspecified atom stereocenters. The van der Waals surface area contributed by atoms with Crippen LogP contribution in [0.1, 0.15) is 34.1 Å². The summed E-state index contributed by atoms with van der Waals surface area (Å²) in [6, 6.07) is 5.39. The Bertz CT molecular complexity index is 430. The standard InChI is InChI=1S/C15H22F3NO2/c1-5-14(3,4)19-10-11(2)20-12-6-8-13(9-7-12)21-15(16,17)18/h6-9,11,19H,5,10H2,1-4H3. The first kappa shape index (κ1) is 17.6. The maximum atomic E-state index is 12.0. The molecule has 0 saturated carbocycles. The molecule has 1 rings (SSSR count). The van der Waals surface area contributed by atoms with Crippen LogP contribution in [0, 0.1) is 0 Å². The zero-order valence-electron chi connectivity index (χ0n) is 12.8. The molecule has 0 aliphatic heterocycles. The maximum absolute atomic E-state index is 12.0. The van der Waals surface area contributed by atoms with E-state index in [0.29, 0.717) is 12.3 Å². The molecule has 21 heavy (non-hydrogen) atoms. The minimum absolute atomic E-state index is 0.0298. The van der Waals surface area contributed by atoms with Gasteiger partial charge in [0, 0.05) is 12.1 Å². The lowest BCUT2D eigenvalue weighted by Crippen LogP contribution is -2.43. The molecule has 1 atom stereocenters. The van der Waals surface area contributed by atoms with E-state index in [2.05, 4.69) is 30.8 Å². The Morgan fingerprint density at radius 1 is 1.10 bits per heavy atom. The van der Waals surface area contributed by atoms with Gasteiger partial charge in [0.25, 0.3) is 0 Å². The van der Waals surface area contributed by atoms with Crippen molar-refractivity contribution in [2.24, 2.45) is 0 Å². The molecule has 0 amide bonds. The van der Waals surface area contributed by atoms with E-state index in [1.807, 2.05) is 6.92 Å². The lowest BCUT2D eigenvalue weighted by atomic mass is 10.0. The highest BCUT2D eigenvalue weighted by atomic mass is 19.4. The molecule has 6 heteroatoms. The first-order chi connectivity index (χ1) is 9.61. The molecular weight excluding hydrogens is 283 g/mol. The van der Waals surface area contributed by atoms with Gasteiger partial charge < -0.3 is 14.8 Å². The SMILES string of the molecule is CCC(C)(C)NCC(C)Oc1ccc(OC(F)(F)F)cc1. The average Bonchev–Trinajstić information content (AvgIpc) is 2.37. The van der Waals surface area contributed by atoms with Crippen LogP contribution in [0.3, 0.4) is 0 Å². The summed E-state index contributed by atoms with van der Waals surface area (Å²) < 4.78 is 45.5. The predicted molar refractivity (Wildman–Crippen MR) is 75.6 cm³/mol. The average molecular weight is 305 g/mol. The number of hydrogen-bond acceptors (Lipinski definition) is 3. The lowest BCUT2D eigenvalue weighted by Gasteiger charge is -2.27. The van der Waals surface area contributed by atoms with Crippen LogP contribution in [0.5, 0.6) is 11.5 Å². The first-order valence-corrected chi connectivity index (χ1v) is 6.89. The Morgan fingerprint density at radius 2 is 1.62 bits per heavy atom. The summed E-state index contributed by atoms with van der Waals surface area (Å²) in [5, 5.41) is 3.37. The molecule has 1 aromatic carbocycles. The number of hydrogen-bond donors (Lipinski definition) is 1. The molecule has 1 aromatic rings. The Labute approximate surface area is 123 Å². The van der Waals surface area contributed by atoms with E-state index in [1.165, 1.54) is 24.3 Å². The van der Waals surface area contributed by atoms with Crippen LogP contribution >= 0.6 is 0 Å². The number of alkyl halides is 3. The van der Waals surface area contributed by atoms with Crippen LogP contribution in [0.2, 0.25) is 0 Å². The fraction of sp³-hybridized carbons (Fsp3) is 0.600. The zero-order chi connectivity index (χ0) is 16.1. The molecule has 3 nitrogen and oxygen atoms in total. The van der Waals surface area contributed by atoms with Crippen molar-refractivity contribution >= 4 is 0 Å². The second-order valence-electron chi connectivity index (χ2n) is 5.57. The molecule has 0 aromatic heterocycles. The van der Waals surface area contributed by atoms with Crippen molar-refractivity contribution in [2.45, 2.75) is 52.1 Å². The van der Waals surface area contributed by atoms with Crippen LogP contribution < -0.4 is 14.8 Å². The van der Waals surface area contributed by atoms with E-state index in [0.717, 1.165) is 6.42 Å². The van der Waals surface area contributed by atoms with Gasteiger partial charge >= 0.3 is 6.36 Å². The van der Waals surface area contributed by atoms with Gasteiger partial charge in [0.05, 0.1) is 0 Å². The van der Waals surface area contributed by atoms with Crippen molar-refractivity contribution in [2.75, 3.05) is 6.54 Å². The van der Waals surface area contributed by atoms with Crippen molar-refractivity contribution in [3.63, 3.8) is 0 Å². The van der Waals surface area contributed by atoms with Gasteiger partial charge in [-0.05, 0) is 51.5 Å². The van der Waals surface area contributed by atoms with Crippen molar-refractivity contribution in [1.82, 2.24) is 5.32 Å². The molecule has 120 valence electrons.